The Morgan fingerprint density at radius 2 is 1.64 bits per heavy atom. The van der Waals surface area contributed by atoms with Gasteiger partial charge in [0.1, 0.15) is 10.6 Å². The van der Waals surface area contributed by atoms with Gasteiger partial charge in [-0.3, -0.25) is 0 Å². The first-order chi connectivity index (χ1) is 13.4. The molecular formula is C18H21ClN2O6S. The Hall–Kier alpha value is -2.65. The normalized spacial score (nSPS) is 11.3. The van der Waals surface area contributed by atoms with E-state index in [1.165, 1.54) is 45.7 Å². The van der Waals surface area contributed by atoms with Crippen molar-refractivity contribution in [2.75, 3.05) is 27.9 Å². The average molecular weight is 429 g/mol. The fraction of sp³-hybridized carbons (Fsp3) is 0.278. The van der Waals surface area contributed by atoms with Gasteiger partial charge < -0.3 is 18.9 Å². The third-order valence-electron chi connectivity index (χ3n) is 3.57. The molecule has 0 radical (unpaired) electrons. The molecular weight excluding hydrogens is 408 g/mol. The van der Waals surface area contributed by atoms with E-state index < -0.39 is 10.0 Å². The Morgan fingerprint density at radius 3 is 2.18 bits per heavy atom. The van der Waals surface area contributed by atoms with E-state index in [4.69, 9.17) is 30.5 Å². The lowest BCUT2D eigenvalue weighted by Crippen LogP contribution is -2.19. The first kappa shape index (κ1) is 21.6. The lowest BCUT2D eigenvalue weighted by atomic mass is 10.2. The summed E-state index contributed by atoms with van der Waals surface area (Å²) in [6.45, 7) is 2.27. The molecule has 2 aromatic carbocycles. The van der Waals surface area contributed by atoms with Crippen LogP contribution >= 0.6 is 11.6 Å². The van der Waals surface area contributed by atoms with Crippen LogP contribution in [-0.4, -0.2) is 42.6 Å². The lowest BCUT2D eigenvalue weighted by molar-refractivity contribution is 0.288. The summed E-state index contributed by atoms with van der Waals surface area (Å²) < 4.78 is 46.2. The zero-order valence-electron chi connectivity index (χ0n) is 15.9. The topological polar surface area (TPSA) is 95.5 Å². The Kier molecular flexibility index (Phi) is 7.36. The largest absolute Gasteiger partial charge is 0.495 e. The summed E-state index contributed by atoms with van der Waals surface area (Å²) in [6, 6.07) is 7.56. The third-order valence-corrected chi connectivity index (χ3v) is 5.05. The van der Waals surface area contributed by atoms with Gasteiger partial charge in [-0.1, -0.05) is 11.6 Å². The lowest BCUT2D eigenvalue weighted by Gasteiger charge is -2.14. The molecule has 0 aliphatic heterocycles. The van der Waals surface area contributed by atoms with Crippen LogP contribution in [0.4, 0.5) is 0 Å². The molecule has 0 spiro atoms. The molecule has 0 saturated heterocycles. The first-order valence-electron chi connectivity index (χ1n) is 8.13. The van der Waals surface area contributed by atoms with Gasteiger partial charge >= 0.3 is 0 Å². The second kappa shape index (κ2) is 9.52. The molecule has 2 rings (SSSR count). The zero-order chi connectivity index (χ0) is 20.7. The smallest absolute Gasteiger partial charge is 0.280 e. The van der Waals surface area contributed by atoms with E-state index in [1.807, 2.05) is 6.92 Å². The Balaban J connectivity index is 2.30. The Morgan fingerprint density at radius 1 is 1.04 bits per heavy atom. The summed E-state index contributed by atoms with van der Waals surface area (Å²) in [5.74, 6) is 1.47. The highest BCUT2D eigenvalue weighted by atomic mass is 35.5. The molecule has 0 saturated carbocycles. The molecule has 1 N–H and O–H groups in total. The zero-order valence-corrected chi connectivity index (χ0v) is 17.4. The maximum atomic E-state index is 12.5. The van der Waals surface area contributed by atoms with Crippen molar-refractivity contribution < 1.29 is 27.4 Å². The number of halogens is 1. The van der Waals surface area contributed by atoms with Crippen LogP contribution in [0.25, 0.3) is 0 Å². The Bertz CT molecular complexity index is 938. The number of nitrogens with one attached hydrogen (secondary N) is 1. The molecule has 10 heteroatoms. The van der Waals surface area contributed by atoms with E-state index >= 15 is 0 Å². The number of ether oxygens (including phenoxy) is 4. The highest BCUT2D eigenvalue weighted by Gasteiger charge is 2.19. The van der Waals surface area contributed by atoms with Crippen LogP contribution in [0.2, 0.25) is 5.02 Å². The van der Waals surface area contributed by atoms with Gasteiger partial charge in [0.25, 0.3) is 10.0 Å². The number of sulfonamides is 1. The molecule has 2 aromatic rings. The summed E-state index contributed by atoms with van der Waals surface area (Å²) in [7, 11) is 0.362. The van der Waals surface area contributed by atoms with Crippen LogP contribution in [0.15, 0.2) is 40.3 Å². The standard InChI is InChI=1S/C18H21ClN2O6S/c1-5-27-18-15(25-3)8-12(9-16(18)26-4)11-20-21-28(22,23)17-10-13(19)6-7-14(17)24-2/h6-11,21H,5H2,1-4H3/b20-11+. The van der Waals surface area contributed by atoms with Crippen LogP contribution in [0.3, 0.4) is 0 Å². The second-order valence-electron chi connectivity index (χ2n) is 5.34. The van der Waals surface area contributed by atoms with Crippen molar-refractivity contribution in [3.63, 3.8) is 0 Å². The number of benzene rings is 2. The third kappa shape index (κ3) is 4.99. The minimum Gasteiger partial charge on any atom is -0.495 e. The SMILES string of the molecule is CCOc1c(OC)cc(/C=N/NS(=O)(=O)c2cc(Cl)ccc2OC)cc1OC. The van der Waals surface area contributed by atoms with Gasteiger partial charge in [0.15, 0.2) is 11.5 Å². The molecule has 0 aliphatic rings. The minimum atomic E-state index is -3.99. The quantitative estimate of drug-likeness (QED) is 0.487. The molecule has 0 aliphatic carbocycles. The van der Waals surface area contributed by atoms with E-state index in [0.717, 1.165) is 0 Å². The second-order valence-corrected chi connectivity index (χ2v) is 7.40. The molecule has 28 heavy (non-hydrogen) atoms. The van der Waals surface area contributed by atoms with Crippen LogP contribution in [0.5, 0.6) is 23.0 Å². The number of methoxy groups -OCH3 is 3. The van der Waals surface area contributed by atoms with Gasteiger partial charge in [-0.15, -0.1) is 0 Å². The van der Waals surface area contributed by atoms with Gasteiger partial charge in [-0.25, -0.2) is 0 Å². The van der Waals surface area contributed by atoms with Crippen LogP contribution in [0.1, 0.15) is 12.5 Å². The number of rotatable bonds is 9. The minimum absolute atomic E-state index is 0.124. The number of nitrogens with zero attached hydrogens (tertiary/aromatic N) is 1. The molecule has 0 unspecified atom stereocenters. The molecule has 0 aromatic heterocycles. The van der Waals surface area contributed by atoms with E-state index in [0.29, 0.717) is 29.4 Å². The molecule has 8 nitrogen and oxygen atoms in total. The van der Waals surface area contributed by atoms with Crippen molar-refractivity contribution in [3.05, 3.63) is 40.9 Å². The van der Waals surface area contributed by atoms with E-state index in [-0.39, 0.29) is 15.7 Å². The van der Waals surface area contributed by atoms with Gasteiger partial charge in [0.05, 0.1) is 34.2 Å². The Labute approximate surface area is 169 Å². The fourth-order valence-electron chi connectivity index (χ4n) is 2.34. The predicted molar refractivity (Wildman–Crippen MR) is 107 cm³/mol. The molecule has 0 bridgehead atoms. The number of hydrogen-bond donors (Lipinski definition) is 1. The summed E-state index contributed by atoms with van der Waals surface area (Å²) in [5.41, 5.74) is 0.540. The van der Waals surface area contributed by atoms with Gasteiger partial charge in [0, 0.05) is 10.6 Å². The van der Waals surface area contributed by atoms with Crippen molar-refractivity contribution in [3.8, 4) is 23.0 Å². The number of hydrazone groups is 1. The molecule has 0 heterocycles. The van der Waals surface area contributed by atoms with Crippen molar-refractivity contribution in [2.45, 2.75) is 11.8 Å². The van der Waals surface area contributed by atoms with E-state index in [9.17, 15) is 8.42 Å². The van der Waals surface area contributed by atoms with E-state index in [1.54, 1.807) is 12.1 Å². The summed E-state index contributed by atoms with van der Waals surface area (Å²) >= 11 is 5.89. The van der Waals surface area contributed by atoms with Crippen LogP contribution < -0.4 is 23.8 Å². The van der Waals surface area contributed by atoms with Gasteiger partial charge in [0.2, 0.25) is 5.75 Å². The highest BCUT2D eigenvalue weighted by molar-refractivity contribution is 7.89. The maximum Gasteiger partial charge on any atom is 0.280 e. The maximum absolute atomic E-state index is 12.5. The molecule has 0 amide bonds. The fourth-order valence-corrected chi connectivity index (χ4v) is 3.57. The average Bonchev–Trinajstić information content (AvgIpc) is 2.68. The molecule has 0 atom stereocenters. The summed E-state index contributed by atoms with van der Waals surface area (Å²) in [6.07, 6.45) is 1.31. The van der Waals surface area contributed by atoms with Crippen LogP contribution in [0, 0.1) is 0 Å². The van der Waals surface area contributed by atoms with Crippen molar-refractivity contribution in [1.82, 2.24) is 4.83 Å². The predicted octanol–water partition coefficient (Wildman–Crippen LogP) is 3.08. The van der Waals surface area contributed by atoms with E-state index in [2.05, 4.69) is 9.93 Å². The monoisotopic (exact) mass is 428 g/mol. The summed E-state index contributed by atoms with van der Waals surface area (Å²) in [5, 5.41) is 4.06. The van der Waals surface area contributed by atoms with Crippen molar-refractivity contribution in [2.24, 2.45) is 5.10 Å². The van der Waals surface area contributed by atoms with Crippen molar-refractivity contribution in [1.29, 1.82) is 0 Å². The van der Waals surface area contributed by atoms with Crippen molar-refractivity contribution >= 4 is 27.8 Å². The molecule has 0 fully saturated rings. The van der Waals surface area contributed by atoms with Gasteiger partial charge in [-0.05, 0) is 37.3 Å². The first-order valence-corrected chi connectivity index (χ1v) is 9.99. The number of hydrogen-bond acceptors (Lipinski definition) is 7. The van der Waals surface area contributed by atoms with Gasteiger partial charge in [-0.2, -0.15) is 18.4 Å². The van der Waals surface area contributed by atoms with Crippen LogP contribution in [-0.2, 0) is 10.0 Å². The summed E-state index contributed by atoms with van der Waals surface area (Å²) in [4.78, 5) is 2.01. The highest BCUT2D eigenvalue weighted by Crippen LogP contribution is 2.38. The molecule has 152 valence electrons.